The minimum absolute atomic E-state index is 0.169. The first kappa shape index (κ1) is 19.3. The summed E-state index contributed by atoms with van der Waals surface area (Å²) in [6, 6.07) is 7.55. The maximum atomic E-state index is 12.0. The first-order valence-electron chi connectivity index (χ1n) is 7.81. The van der Waals surface area contributed by atoms with E-state index < -0.39 is 0 Å². The van der Waals surface area contributed by atoms with Gasteiger partial charge in [-0.2, -0.15) is 0 Å². The maximum absolute atomic E-state index is 12.0. The van der Waals surface area contributed by atoms with Crippen LogP contribution in [0.15, 0.2) is 41.2 Å². The fraction of sp³-hybridized carbons (Fsp3) is 0.176. The lowest BCUT2D eigenvalue weighted by molar-refractivity contribution is -0.114. The number of amides is 2. The third-order valence-electron chi connectivity index (χ3n) is 3.28. The summed E-state index contributed by atoms with van der Waals surface area (Å²) in [5.74, 6) is 0.750. The van der Waals surface area contributed by atoms with Gasteiger partial charge >= 0.3 is 0 Å². The molecule has 3 rings (SSSR count). The van der Waals surface area contributed by atoms with Crippen LogP contribution in [-0.4, -0.2) is 40.4 Å². The van der Waals surface area contributed by atoms with Crippen LogP contribution in [0.1, 0.15) is 0 Å². The summed E-state index contributed by atoms with van der Waals surface area (Å²) < 4.78 is 5.14. The average Bonchev–Trinajstić information content (AvgIpc) is 3.34. The van der Waals surface area contributed by atoms with Gasteiger partial charge in [-0.1, -0.05) is 0 Å². The van der Waals surface area contributed by atoms with Crippen LogP contribution < -0.4 is 15.4 Å². The van der Waals surface area contributed by atoms with E-state index in [4.69, 9.17) is 4.74 Å². The van der Waals surface area contributed by atoms with E-state index in [9.17, 15) is 9.59 Å². The zero-order valence-corrected chi connectivity index (χ0v) is 16.7. The normalized spacial score (nSPS) is 10.4. The van der Waals surface area contributed by atoms with E-state index in [0.29, 0.717) is 10.3 Å². The second-order valence-corrected chi connectivity index (χ2v) is 7.93. The number of anilines is 2. The topological polar surface area (TPSA) is 93.2 Å². The SMILES string of the molecule is COc1ccc(-c2csc(NC(=O)CSCC(=O)Nc3nccs3)n2)cc1. The highest BCUT2D eigenvalue weighted by Crippen LogP contribution is 2.26. The lowest BCUT2D eigenvalue weighted by atomic mass is 10.2. The number of rotatable bonds is 8. The van der Waals surface area contributed by atoms with Crippen LogP contribution in [0.4, 0.5) is 10.3 Å². The predicted octanol–water partition coefficient (Wildman–Crippen LogP) is 3.59. The van der Waals surface area contributed by atoms with Crippen LogP contribution in [-0.2, 0) is 9.59 Å². The van der Waals surface area contributed by atoms with E-state index >= 15 is 0 Å². The number of nitrogens with zero attached hydrogens (tertiary/aromatic N) is 2. The number of carbonyl (C=O) groups is 2. The predicted molar refractivity (Wildman–Crippen MR) is 111 cm³/mol. The monoisotopic (exact) mass is 420 g/mol. The van der Waals surface area contributed by atoms with E-state index in [0.717, 1.165) is 17.0 Å². The van der Waals surface area contributed by atoms with Crippen molar-refractivity contribution in [2.75, 3.05) is 29.2 Å². The summed E-state index contributed by atoms with van der Waals surface area (Å²) in [4.78, 5) is 32.2. The molecule has 2 heterocycles. The summed E-state index contributed by atoms with van der Waals surface area (Å²) in [5.41, 5.74) is 1.73. The Morgan fingerprint density at radius 3 is 2.41 bits per heavy atom. The molecule has 0 radical (unpaired) electrons. The second-order valence-electron chi connectivity index (χ2n) is 5.19. The van der Waals surface area contributed by atoms with Gasteiger partial charge in [0.2, 0.25) is 11.8 Å². The number of benzene rings is 1. The highest BCUT2D eigenvalue weighted by molar-refractivity contribution is 8.00. The number of hydrogen-bond donors (Lipinski definition) is 2. The van der Waals surface area contributed by atoms with E-state index in [-0.39, 0.29) is 23.3 Å². The Hall–Kier alpha value is -2.43. The Balaban J connectivity index is 1.44. The average molecular weight is 421 g/mol. The van der Waals surface area contributed by atoms with Crippen molar-refractivity contribution in [1.82, 2.24) is 9.97 Å². The van der Waals surface area contributed by atoms with Crippen LogP contribution in [0.25, 0.3) is 11.3 Å². The molecule has 27 heavy (non-hydrogen) atoms. The Labute approximate surface area is 168 Å². The van der Waals surface area contributed by atoms with Crippen molar-refractivity contribution in [3.8, 4) is 17.0 Å². The van der Waals surface area contributed by atoms with Crippen LogP contribution in [0.2, 0.25) is 0 Å². The molecule has 0 unspecified atom stereocenters. The summed E-state index contributed by atoms with van der Waals surface area (Å²) in [6.45, 7) is 0. The Kier molecular flexibility index (Phi) is 6.80. The fourth-order valence-electron chi connectivity index (χ4n) is 2.06. The lowest BCUT2D eigenvalue weighted by Gasteiger charge is -2.03. The standard InChI is InChI=1S/C17H16N4O3S3/c1-24-12-4-2-11(3-5-12)13-8-27-17(19-13)21-15(23)10-25-9-14(22)20-16-18-6-7-26-16/h2-8H,9-10H2,1H3,(H,18,20,22)(H,19,21,23). The molecule has 140 valence electrons. The molecule has 10 heteroatoms. The van der Waals surface area contributed by atoms with E-state index in [1.54, 1.807) is 18.7 Å². The summed E-state index contributed by atoms with van der Waals surface area (Å²) in [5, 5.41) is 10.2. The van der Waals surface area contributed by atoms with Gasteiger partial charge in [-0.05, 0) is 24.3 Å². The van der Waals surface area contributed by atoms with Crippen LogP contribution >= 0.6 is 34.4 Å². The van der Waals surface area contributed by atoms with Gasteiger partial charge in [0.1, 0.15) is 5.75 Å². The van der Waals surface area contributed by atoms with Crippen LogP contribution in [0.5, 0.6) is 5.75 Å². The summed E-state index contributed by atoms with van der Waals surface area (Å²) >= 11 is 3.94. The Bertz CT molecular complexity index is 895. The van der Waals surface area contributed by atoms with Gasteiger partial charge in [-0.3, -0.25) is 9.59 Å². The Morgan fingerprint density at radius 1 is 1.07 bits per heavy atom. The maximum Gasteiger partial charge on any atom is 0.236 e. The number of thiazole rings is 2. The molecular weight excluding hydrogens is 404 g/mol. The molecule has 0 saturated carbocycles. The first-order chi connectivity index (χ1) is 13.1. The number of aromatic nitrogens is 2. The first-order valence-corrected chi connectivity index (χ1v) is 10.7. The molecule has 3 aromatic rings. The van der Waals surface area contributed by atoms with Gasteiger partial charge in [0, 0.05) is 22.5 Å². The highest BCUT2D eigenvalue weighted by Gasteiger charge is 2.10. The number of hydrogen-bond acceptors (Lipinski definition) is 8. The molecule has 1 aromatic carbocycles. The van der Waals surface area contributed by atoms with Gasteiger partial charge in [-0.25, -0.2) is 9.97 Å². The largest absolute Gasteiger partial charge is 0.497 e. The second kappa shape index (κ2) is 9.49. The Morgan fingerprint density at radius 2 is 1.78 bits per heavy atom. The molecule has 0 aliphatic heterocycles. The van der Waals surface area contributed by atoms with Crippen molar-refractivity contribution >= 4 is 56.5 Å². The molecular formula is C17H16N4O3S3. The van der Waals surface area contributed by atoms with Crippen molar-refractivity contribution in [2.24, 2.45) is 0 Å². The van der Waals surface area contributed by atoms with Gasteiger partial charge in [0.15, 0.2) is 10.3 Å². The van der Waals surface area contributed by atoms with Crippen LogP contribution in [0.3, 0.4) is 0 Å². The van der Waals surface area contributed by atoms with E-state index in [1.165, 1.54) is 34.4 Å². The van der Waals surface area contributed by atoms with E-state index in [2.05, 4.69) is 20.6 Å². The molecule has 0 atom stereocenters. The van der Waals surface area contributed by atoms with Crippen molar-refractivity contribution in [2.45, 2.75) is 0 Å². The zero-order chi connectivity index (χ0) is 19.1. The third-order valence-corrected chi connectivity index (χ3v) is 5.66. The highest BCUT2D eigenvalue weighted by atomic mass is 32.2. The van der Waals surface area contributed by atoms with Gasteiger partial charge in [0.05, 0.1) is 24.3 Å². The van der Waals surface area contributed by atoms with Crippen LogP contribution in [0, 0.1) is 0 Å². The fourth-order valence-corrected chi connectivity index (χ4v) is 3.96. The zero-order valence-electron chi connectivity index (χ0n) is 14.3. The molecule has 0 aliphatic carbocycles. The number of ether oxygens (including phenoxy) is 1. The molecule has 2 amide bonds. The molecule has 2 aromatic heterocycles. The van der Waals surface area contributed by atoms with Crippen molar-refractivity contribution in [3.05, 3.63) is 41.2 Å². The van der Waals surface area contributed by atoms with Gasteiger partial charge < -0.3 is 15.4 Å². The van der Waals surface area contributed by atoms with Gasteiger partial charge in [-0.15, -0.1) is 34.4 Å². The number of nitrogens with one attached hydrogen (secondary N) is 2. The lowest BCUT2D eigenvalue weighted by Crippen LogP contribution is -2.18. The molecule has 0 fully saturated rings. The summed E-state index contributed by atoms with van der Waals surface area (Å²) in [6.07, 6.45) is 1.62. The number of methoxy groups -OCH3 is 1. The smallest absolute Gasteiger partial charge is 0.236 e. The third kappa shape index (κ3) is 5.78. The molecule has 0 saturated heterocycles. The minimum Gasteiger partial charge on any atom is -0.497 e. The van der Waals surface area contributed by atoms with Crippen molar-refractivity contribution < 1.29 is 14.3 Å². The molecule has 2 N–H and O–H groups in total. The van der Waals surface area contributed by atoms with E-state index in [1.807, 2.05) is 29.6 Å². The molecule has 0 aliphatic rings. The summed E-state index contributed by atoms with van der Waals surface area (Å²) in [7, 11) is 1.62. The molecule has 7 nitrogen and oxygen atoms in total. The van der Waals surface area contributed by atoms with Crippen molar-refractivity contribution in [1.29, 1.82) is 0 Å². The van der Waals surface area contributed by atoms with Gasteiger partial charge in [0.25, 0.3) is 0 Å². The minimum atomic E-state index is -0.197. The quantitative estimate of drug-likeness (QED) is 0.579. The number of thioether (sulfide) groups is 1. The molecule has 0 bridgehead atoms. The molecule has 0 spiro atoms. The van der Waals surface area contributed by atoms with Crippen molar-refractivity contribution in [3.63, 3.8) is 0 Å². The number of carbonyl (C=O) groups excluding carboxylic acids is 2.